The topological polar surface area (TPSA) is 12.0 Å². The van der Waals surface area contributed by atoms with Crippen molar-refractivity contribution in [3.8, 4) is 0 Å². The lowest BCUT2D eigenvalue weighted by Crippen LogP contribution is -2.43. The van der Waals surface area contributed by atoms with Gasteiger partial charge in [0, 0.05) is 5.54 Å². The van der Waals surface area contributed by atoms with Gasteiger partial charge in [0.1, 0.15) is 0 Å². The summed E-state index contributed by atoms with van der Waals surface area (Å²) in [6, 6.07) is 9.25. The summed E-state index contributed by atoms with van der Waals surface area (Å²) >= 11 is 0. The lowest BCUT2D eigenvalue weighted by atomic mass is 9.81. The molecule has 2 aliphatic rings. The van der Waals surface area contributed by atoms with Crippen LogP contribution in [0, 0.1) is 12.8 Å². The third-order valence-electron chi connectivity index (χ3n) is 4.53. The molecule has 1 aliphatic heterocycles. The van der Waals surface area contributed by atoms with E-state index in [-0.39, 0.29) is 0 Å². The first-order chi connectivity index (χ1) is 8.31. The lowest BCUT2D eigenvalue weighted by Gasteiger charge is -2.35. The zero-order chi connectivity index (χ0) is 11.7. The Balaban J connectivity index is 1.94. The highest BCUT2D eigenvalue weighted by Crippen LogP contribution is 2.49. The van der Waals surface area contributed by atoms with Crippen LogP contribution in [0.25, 0.3) is 0 Å². The highest BCUT2D eigenvalue weighted by molar-refractivity contribution is 5.30. The van der Waals surface area contributed by atoms with Crippen molar-refractivity contribution in [1.29, 1.82) is 0 Å². The third kappa shape index (κ3) is 2.13. The van der Waals surface area contributed by atoms with Crippen molar-refractivity contribution in [2.24, 2.45) is 5.92 Å². The van der Waals surface area contributed by atoms with Gasteiger partial charge in [-0.3, -0.25) is 0 Å². The molecule has 1 aromatic carbocycles. The molecule has 1 heterocycles. The van der Waals surface area contributed by atoms with E-state index in [9.17, 15) is 0 Å². The molecule has 0 radical (unpaired) electrons. The number of nitrogens with one attached hydrogen (secondary N) is 1. The van der Waals surface area contributed by atoms with Gasteiger partial charge < -0.3 is 5.32 Å². The van der Waals surface area contributed by atoms with Crippen molar-refractivity contribution < 1.29 is 0 Å². The smallest absolute Gasteiger partial charge is 0.0463 e. The van der Waals surface area contributed by atoms with Crippen molar-refractivity contribution in [3.63, 3.8) is 0 Å². The fraction of sp³-hybridized carbons (Fsp3) is 0.625. The molecule has 1 nitrogen and oxygen atoms in total. The molecule has 17 heavy (non-hydrogen) atoms. The molecule has 92 valence electrons. The van der Waals surface area contributed by atoms with Crippen LogP contribution in [0.3, 0.4) is 0 Å². The third-order valence-corrected chi connectivity index (χ3v) is 4.53. The zero-order valence-electron chi connectivity index (χ0n) is 10.8. The molecule has 1 saturated carbocycles. The highest BCUT2D eigenvalue weighted by atomic mass is 15.0. The number of hydrogen-bond donors (Lipinski definition) is 1. The summed E-state index contributed by atoms with van der Waals surface area (Å²) in [5.41, 5.74) is 3.21. The van der Waals surface area contributed by atoms with Gasteiger partial charge in [0.05, 0.1) is 0 Å². The SMILES string of the molecule is Cc1ccc(C2(C3CC3)CCCCCN2)cc1. The highest BCUT2D eigenvalue weighted by Gasteiger charge is 2.45. The van der Waals surface area contributed by atoms with Crippen LogP contribution in [-0.4, -0.2) is 6.54 Å². The summed E-state index contributed by atoms with van der Waals surface area (Å²) in [5.74, 6) is 0.892. The summed E-state index contributed by atoms with van der Waals surface area (Å²) < 4.78 is 0. The Morgan fingerprint density at radius 1 is 1.06 bits per heavy atom. The van der Waals surface area contributed by atoms with Crippen molar-refractivity contribution in [1.82, 2.24) is 5.32 Å². The quantitative estimate of drug-likeness (QED) is 0.814. The zero-order valence-corrected chi connectivity index (χ0v) is 10.8. The minimum absolute atomic E-state index is 0.310. The molecule has 2 fully saturated rings. The van der Waals surface area contributed by atoms with Crippen LogP contribution in [0.5, 0.6) is 0 Å². The summed E-state index contributed by atoms with van der Waals surface area (Å²) in [5, 5.41) is 3.89. The number of aryl methyl sites for hydroxylation is 1. The Morgan fingerprint density at radius 3 is 2.53 bits per heavy atom. The Labute approximate surface area is 105 Å². The first-order valence-electron chi connectivity index (χ1n) is 7.13. The first kappa shape index (κ1) is 11.3. The molecule has 0 spiro atoms. The number of rotatable bonds is 2. The maximum absolute atomic E-state index is 3.89. The van der Waals surface area contributed by atoms with E-state index >= 15 is 0 Å². The number of hydrogen-bond acceptors (Lipinski definition) is 1. The summed E-state index contributed by atoms with van der Waals surface area (Å²) in [6.45, 7) is 3.37. The van der Waals surface area contributed by atoms with Gasteiger partial charge >= 0.3 is 0 Å². The van der Waals surface area contributed by atoms with Gasteiger partial charge in [0.15, 0.2) is 0 Å². The Bertz CT molecular complexity index is 367. The first-order valence-corrected chi connectivity index (χ1v) is 7.13. The van der Waals surface area contributed by atoms with Gasteiger partial charge in [-0.05, 0) is 50.6 Å². The molecule has 1 N–H and O–H groups in total. The van der Waals surface area contributed by atoms with Gasteiger partial charge in [0.25, 0.3) is 0 Å². The Kier molecular flexibility index (Phi) is 2.96. The van der Waals surface area contributed by atoms with Crippen LogP contribution in [0.2, 0.25) is 0 Å². The molecule has 3 rings (SSSR count). The maximum atomic E-state index is 3.89. The predicted octanol–water partition coefficient (Wildman–Crippen LogP) is 3.76. The lowest BCUT2D eigenvalue weighted by molar-refractivity contribution is 0.279. The standard InChI is InChI=1S/C16H23N/c1-13-5-7-14(8-6-13)16(15-9-10-15)11-3-2-4-12-17-16/h5-8,15,17H,2-4,9-12H2,1H3. The van der Waals surface area contributed by atoms with Gasteiger partial charge in [-0.2, -0.15) is 0 Å². The molecule has 1 aliphatic carbocycles. The minimum atomic E-state index is 0.310. The van der Waals surface area contributed by atoms with E-state index in [1.807, 2.05) is 0 Å². The number of benzene rings is 1. The van der Waals surface area contributed by atoms with Crippen molar-refractivity contribution >= 4 is 0 Å². The minimum Gasteiger partial charge on any atom is -0.307 e. The van der Waals surface area contributed by atoms with E-state index in [0.29, 0.717) is 5.54 Å². The molecular weight excluding hydrogens is 206 g/mol. The molecular formula is C16H23N. The fourth-order valence-corrected chi connectivity index (χ4v) is 3.36. The summed E-state index contributed by atoms with van der Waals surface area (Å²) in [6.07, 6.45) is 8.30. The fourth-order valence-electron chi connectivity index (χ4n) is 3.36. The van der Waals surface area contributed by atoms with E-state index in [1.54, 1.807) is 0 Å². The summed E-state index contributed by atoms with van der Waals surface area (Å²) in [7, 11) is 0. The van der Waals surface area contributed by atoms with Crippen molar-refractivity contribution in [2.75, 3.05) is 6.54 Å². The van der Waals surface area contributed by atoms with Crippen molar-refractivity contribution in [3.05, 3.63) is 35.4 Å². The van der Waals surface area contributed by atoms with E-state index in [0.717, 1.165) is 5.92 Å². The monoisotopic (exact) mass is 229 g/mol. The van der Waals surface area contributed by atoms with Gasteiger partial charge in [-0.15, -0.1) is 0 Å². The van der Waals surface area contributed by atoms with Crippen LogP contribution >= 0.6 is 0 Å². The van der Waals surface area contributed by atoms with Crippen LogP contribution < -0.4 is 5.32 Å². The largest absolute Gasteiger partial charge is 0.307 e. The normalized spacial score (nSPS) is 29.9. The molecule has 0 bridgehead atoms. The molecule has 1 heteroatoms. The molecule has 0 amide bonds. The van der Waals surface area contributed by atoms with Gasteiger partial charge in [-0.1, -0.05) is 42.7 Å². The average Bonchev–Trinajstić information content (AvgIpc) is 3.17. The van der Waals surface area contributed by atoms with E-state index in [1.165, 1.54) is 56.2 Å². The van der Waals surface area contributed by atoms with E-state index < -0.39 is 0 Å². The Morgan fingerprint density at radius 2 is 1.82 bits per heavy atom. The van der Waals surface area contributed by atoms with E-state index in [2.05, 4.69) is 36.5 Å². The van der Waals surface area contributed by atoms with Crippen LogP contribution in [0.15, 0.2) is 24.3 Å². The Hall–Kier alpha value is -0.820. The maximum Gasteiger partial charge on any atom is 0.0463 e. The molecule has 1 aromatic rings. The predicted molar refractivity (Wildman–Crippen MR) is 72.1 cm³/mol. The second kappa shape index (κ2) is 4.45. The second-order valence-electron chi connectivity index (χ2n) is 5.85. The van der Waals surface area contributed by atoms with Crippen molar-refractivity contribution in [2.45, 2.75) is 51.0 Å². The van der Waals surface area contributed by atoms with Crippen LogP contribution in [-0.2, 0) is 5.54 Å². The second-order valence-corrected chi connectivity index (χ2v) is 5.85. The van der Waals surface area contributed by atoms with E-state index in [4.69, 9.17) is 0 Å². The van der Waals surface area contributed by atoms with Gasteiger partial charge in [0.2, 0.25) is 0 Å². The summed E-state index contributed by atoms with van der Waals surface area (Å²) in [4.78, 5) is 0. The molecule has 1 unspecified atom stereocenters. The average molecular weight is 229 g/mol. The molecule has 1 atom stereocenters. The molecule has 1 saturated heterocycles. The van der Waals surface area contributed by atoms with Gasteiger partial charge in [-0.25, -0.2) is 0 Å². The molecule has 0 aromatic heterocycles. The van der Waals surface area contributed by atoms with Crippen LogP contribution in [0.4, 0.5) is 0 Å². The van der Waals surface area contributed by atoms with Crippen LogP contribution in [0.1, 0.15) is 49.7 Å².